The molecule has 2 aromatic rings. The van der Waals surface area contributed by atoms with E-state index in [0.717, 1.165) is 12.0 Å². The number of nitrogens with one attached hydrogen (secondary N) is 1. The molecule has 0 bridgehead atoms. The molecule has 0 saturated heterocycles. The predicted octanol–water partition coefficient (Wildman–Crippen LogP) is 3.92. The third kappa shape index (κ3) is 5.23. The highest BCUT2D eigenvalue weighted by Crippen LogP contribution is 2.29. The number of hydrogen-bond acceptors (Lipinski definition) is 4. The van der Waals surface area contributed by atoms with Gasteiger partial charge in [-0.25, -0.2) is 13.2 Å². The summed E-state index contributed by atoms with van der Waals surface area (Å²) in [6.45, 7) is 6.37. The van der Waals surface area contributed by atoms with Crippen LogP contribution in [0.2, 0.25) is 0 Å². The van der Waals surface area contributed by atoms with Crippen LogP contribution >= 0.6 is 0 Å². The van der Waals surface area contributed by atoms with Gasteiger partial charge in [0, 0.05) is 0 Å². The summed E-state index contributed by atoms with van der Waals surface area (Å²) in [5, 5.41) is 9.18. The van der Waals surface area contributed by atoms with E-state index < -0.39 is 16.0 Å². The number of carboxylic acids is 1. The van der Waals surface area contributed by atoms with Crippen molar-refractivity contribution in [3.8, 4) is 5.75 Å². The van der Waals surface area contributed by atoms with Gasteiger partial charge in [0.1, 0.15) is 5.75 Å². The highest BCUT2D eigenvalue weighted by Gasteiger charge is 2.18. The fraction of sp³-hybridized carbons (Fsp3) is 0.316. The normalized spacial score (nSPS) is 11.4. The van der Waals surface area contributed by atoms with Crippen molar-refractivity contribution in [2.75, 3.05) is 11.3 Å². The van der Waals surface area contributed by atoms with E-state index in [1.54, 1.807) is 12.1 Å². The summed E-state index contributed by atoms with van der Waals surface area (Å²) in [5.41, 5.74) is 1.02. The molecule has 140 valence electrons. The van der Waals surface area contributed by atoms with Crippen LogP contribution in [0.15, 0.2) is 47.4 Å². The molecular weight excluding hydrogens is 354 g/mol. The summed E-state index contributed by atoms with van der Waals surface area (Å²) in [5.74, 6) is -0.415. The largest absolute Gasteiger partial charge is 0.491 e. The van der Waals surface area contributed by atoms with E-state index in [2.05, 4.69) is 18.6 Å². The number of aromatic carboxylic acids is 1. The quantitative estimate of drug-likeness (QED) is 0.727. The van der Waals surface area contributed by atoms with E-state index >= 15 is 0 Å². The number of carbonyl (C=O) groups is 1. The monoisotopic (exact) mass is 377 g/mol. The average molecular weight is 377 g/mol. The van der Waals surface area contributed by atoms with Gasteiger partial charge in [-0.3, -0.25) is 4.72 Å². The van der Waals surface area contributed by atoms with Crippen molar-refractivity contribution in [3.05, 3.63) is 53.6 Å². The number of ether oxygens (including phenoxy) is 1. The molecular formula is C19H23NO5S. The Morgan fingerprint density at radius 2 is 1.81 bits per heavy atom. The summed E-state index contributed by atoms with van der Waals surface area (Å²) in [7, 11) is -3.86. The topological polar surface area (TPSA) is 92.7 Å². The van der Waals surface area contributed by atoms with Crippen molar-refractivity contribution in [1.82, 2.24) is 0 Å². The molecule has 0 atom stereocenters. The molecule has 0 aliphatic heterocycles. The van der Waals surface area contributed by atoms with Crippen LogP contribution in [0.3, 0.4) is 0 Å². The van der Waals surface area contributed by atoms with Crippen LogP contribution in [0.5, 0.6) is 5.75 Å². The second kappa shape index (κ2) is 8.23. The lowest BCUT2D eigenvalue weighted by Gasteiger charge is -2.15. The van der Waals surface area contributed by atoms with Gasteiger partial charge < -0.3 is 9.84 Å². The Morgan fingerprint density at radius 1 is 1.15 bits per heavy atom. The zero-order chi connectivity index (χ0) is 19.3. The van der Waals surface area contributed by atoms with Gasteiger partial charge in [-0.1, -0.05) is 31.5 Å². The Balaban J connectivity index is 2.33. The lowest BCUT2D eigenvalue weighted by molar-refractivity contribution is 0.0697. The van der Waals surface area contributed by atoms with Gasteiger partial charge in [-0.2, -0.15) is 0 Å². The Bertz CT molecular complexity index is 873. The lowest BCUT2D eigenvalue weighted by atomic mass is 10.1. The van der Waals surface area contributed by atoms with Crippen molar-refractivity contribution in [2.24, 2.45) is 5.92 Å². The number of aryl methyl sites for hydroxylation is 1. The number of benzene rings is 2. The SMILES string of the molecule is Cc1ccc(S(=O)(=O)Nc2cc(C(=O)O)ccc2OCCC(C)C)cc1. The second-order valence-electron chi connectivity index (χ2n) is 6.47. The van der Waals surface area contributed by atoms with Gasteiger partial charge in [-0.15, -0.1) is 0 Å². The molecule has 2 rings (SSSR count). The highest BCUT2D eigenvalue weighted by molar-refractivity contribution is 7.92. The third-order valence-electron chi connectivity index (χ3n) is 3.75. The van der Waals surface area contributed by atoms with Crippen molar-refractivity contribution in [1.29, 1.82) is 0 Å². The molecule has 0 aliphatic carbocycles. The molecule has 0 spiro atoms. The van der Waals surface area contributed by atoms with Crippen LogP contribution in [-0.4, -0.2) is 26.1 Å². The number of rotatable bonds is 8. The minimum Gasteiger partial charge on any atom is -0.491 e. The van der Waals surface area contributed by atoms with Gasteiger partial charge in [0.2, 0.25) is 0 Å². The molecule has 0 amide bonds. The predicted molar refractivity (Wildman–Crippen MR) is 100 cm³/mol. The van der Waals surface area contributed by atoms with E-state index in [1.807, 2.05) is 6.92 Å². The maximum Gasteiger partial charge on any atom is 0.335 e. The first kappa shape index (κ1) is 19.8. The molecule has 0 saturated carbocycles. The minimum atomic E-state index is -3.86. The number of sulfonamides is 1. The molecule has 6 nitrogen and oxygen atoms in total. The van der Waals surface area contributed by atoms with Gasteiger partial charge in [0.15, 0.2) is 0 Å². The Morgan fingerprint density at radius 3 is 2.38 bits per heavy atom. The fourth-order valence-corrected chi connectivity index (χ4v) is 3.26. The zero-order valence-electron chi connectivity index (χ0n) is 15.0. The maximum atomic E-state index is 12.6. The zero-order valence-corrected chi connectivity index (χ0v) is 15.8. The van der Waals surface area contributed by atoms with Crippen LogP contribution in [0, 0.1) is 12.8 Å². The number of anilines is 1. The standard InChI is InChI=1S/C19H23NO5S/c1-13(2)10-11-25-18-9-6-15(19(21)22)12-17(18)20-26(23,24)16-7-4-14(3)5-8-16/h4-9,12-13,20H,10-11H2,1-3H3,(H,21,22). The van der Waals surface area contributed by atoms with Crippen LogP contribution in [0.1, 0.15) is 36.2 Å². The van der Waals surface area contributed by atoms with Crippen molar-refractivity contribution >= 4 is 21.7 Å². The summed E-state index contributed by atoms with van der Waals surface area (Å²) in [4.78, 5) is 11.3. The van der Waals surface area contributed by atoms with Crippen LogP contribution < -0.4 is 9.46 Å². The summed E-state index contributed by atoms with van der Waals surface area (Å²) in [6.07, 6.45) is 0.796. The summed E-state index contributed by atoms with van der Waals surface area (Å²) < 4.78 is 33.3. The van der Waals surface area contributed by atoms with Gasteiger partial charge in [0.25, 0.3) is 10.0 Å². The fourth-order valence-electron chi connectivity index (χ4n) is 2.19. The first-order valence-corrected chi connectivity index (χ1v) is 9.77. The summed E-state index contributed by atoms with van der Waals surface area (Å²) >= 11 is 0. The third-order valence-corrected chi connectivity index (χ3v) is 5.14. The summed E-state index contributed by atoms with van der Waals surface area (Å²) in [6, 6.07) is 10.5. The Kier molecular flexibility index (Phi) is 6.26. The van der Waals surface area contributed by atoms with Gasteiger partial charge in [0.05, 0.1) is 22.8 Å². The Labute approximate surface area is 153 Å². The van der Waals surface area contributed by atoms with E-state index in [1.165, 1.54) is 30.3 Å². The van der Waals surface area contributed by atoms with Gasteiger partial charge >= 0.3 is 5.97 Å². The maximum absolute atomic E-state index is 12.6. The van der Waals surface area contributed by atoms with Crippen molar-refractivity contribution in [3.63, 3.8) is 0 Å². The van der Waals surface area contributed by atoms with Gasteiger partial charge in [-0.05, 0) is 49.6 Å². The van der Waals surface area contributed by atoms with E-state index in [4.69, 9.17) is 4.74 Å². The van der Waals surface area contributed by atoms with E-state index in [-0.39, 0.29) is 16.1 Å². The average Bonchev–Trinajstić information content (AvgIpc) is 2.55. The second-order valence-corrected chi connectivity index (χ2v) is 8.15. The number of hydrogen-bond donors (Lipinski definition) is 2. The van der Waals surface area contributed by atoms with Crippen molar-refractivity contribution < 1.29 is 23.1 Å². The highest BCUT2D eigenvalue weighted by atomic mass is 32.2. The lowest BCUT2D eigenvalue weighted by Crippen LogP contribution is -2.15. The molecule has 26 heavy (non-hydrogen) atoms. The van der Waals surface area contributed by atoms with Crippen LogP contribution in [0.25, 0.3) is 0 Å². The number of carboxylic acid groups (broad SMARTS) is 1. The smallest absolute Gasteiger partial charge is 0.335 e. The van der Waals surface area contributed by atoms with Crippen LogP contribution in [0.4, 0.5) is 5.69 Å². The van der Waals surface area contributed by atoms with Crippen LogP contribution in [-0.2, 0) is 10.0 Å². The Hall–Kier alpha value is -2.54. The molecule has 0 unspecified atom stereocenters. The van der Waals surface area contributed by atoms with Crippen molar-refractivity contribution in [2.45, 2.75) is 32.1 Å². The molecule has 0 fully saturated rings. The first-order valence-electron chi connectivity index (χ1n) is 8.28. The molecule has 2 N–H and O–H groups in total. The van der Waals surface area contributed by atoms with E-state index in [9.17, 15) is 18.3 Å². The molecule has 0 radical (unpaired) electrons. The minimum absolute atomic E-state index is 0.0252. The molecule has 0 aromatic heterocycles. The molecule has 0 heterocycles. The molecule has 7 heteroatoms. The molecule has 0 aliphatic rings. The molecule has 2 aromatic carbocycles. The van der Waals surface area contributed by atoms with E-state index in [0.29, 0.717) is 18.3 Å². The first-order chi connectivity index (χ1) is 12.2.